The third kappa shape index (κ3) is 10.7. The van der Waals surface area contributed by atoms with E-state index in [0.717, 1.165) is 35.0 Å². The van der Waals surface area contributed by atoms with Gasteiger partial charge < -0.3 is 31.9 Å². The number of carbonyl (C=O) groups is 7. The minimum Gasteiger partial charge on any atom is -0.370 e. The molecule has 5 atom stereocenters. The normalized spacial score (nSPS) is 20.5. The van der Waals surface area contributed by atoms with Crippen molar-refractivity contribution in [3.63, 3.8) is 0 Å². The Hall–Kier alpha value is -6.62. The lowest BCUT2D eigenvalue weighted by atomic mass is 9.97. The number of piperidine rings is 1. The van der Waals surface area contributed by atoms with Crippen LogP contribution in [0, 0.1) is 0 Å². The number of nitrogens with two attached hydrogens (primary N) is 2. The summed E-state index contributed by atoms with van der Waals surface area (Å²) in [6.07, 6.45) is 5.21. The maximum Gasteiger partial charge on any atom is 0.329 e. The number of imidazole rings is 1. The van der Waals surface area contributed by atoms with Crippen LogP contribution in [0.5, 0.6) is 0 Å². The molecule has 65 heavy (non-hydrogen) atoms. The van der Waals surface area contributed by atoms with Crippen molar-refractivity contribution in [1.82, 2.24) is 34.9 Å². The highest BCUT2D eigenvalue weighted by Crippen LogP contribution is 2.31. The fourth-order valence-electron chi connectivity index (χ4n) is 9.67. The van der Waals surface area contributed by atoms with Gasteiger partial charge in [0.25, 0.3) is 0 Å². The Labute approximate surface area is 377 Å². The molecule has 4 aromatic rings. The average Bonchev–Trinajstić information content (AvgIpc) is 3.83. The zero-order chi connectivity index (χ0) is 46.2. The highest BCUT2D eigenvalue weighted by Gasteiger charge is 2.45. The molecule has 0 saturated carbocycles. The third-order valence-corrected chi connectivity index (χ3v) is 13.0. The molecule has 0 radical (unpaired) electrons. The van der Waals surface area contributed by atoms with E-state index in [-0.39, 0.29) is 68.6 Å². The molecule has 3 aliphatic rings. The number of nitrogens with zero attached hydrogens (tertiary/aromatic N) is 4. The molecule has 0 bridgehead atoms. The first-order valence-corrected chi connectivity index (χ1v) is 22.7. The number of nitrogens with one attached hydrogen (secondary N) is 3. The van der Waals surface area contributed by atoms with Gasteiger partial charge in [0.15, 0.2) is 0 Å². The predicted octanol–water partition coefficient (Wildman–Crippen LogP) is 2.39. The Kier molecular flexibility index (Phi) is 14.9. The van der Waals surface area contributed by atoms with Crippen molar-refractivity contribution >= 4 is 52.4 Å². The number of hydrogen-bond acceptors (Lipinski definition) is 9. The van der Waals surface area contributed by atoms with Crippen LogP contribution in [0.25, 0.3) is 11.0 Å². The zero-order valence-corrected chi connectivity index (χ0v) is 36.8. The van der Waals surface area contributed by atoms with E-state index in [1.807, 2.05) is 78.9 Å². The van der Waals surface area contributed by atoms with Crippen LogP contribution in [-0.4, -0.2) is 97.5 Å². The van der Waals surface area contributed by atoms with E-state index in [1.165, 1.54) is 4.57 Å². The number of rotatable bonds is 17. The summed E-state index contributed by atoms with van der Waals surface area (Å²) < 4.78 is 3.02. The topological polar surface area (TPSA) is 241 Å². The number of fused-ring (bicyclic) bond motifs is 2. The Morgan fingerprint density at radius 1 is 0.800 bits per heavy atom. The number of benzene rings is 3. The van der Waals surface area contributed by atoms with Crippen LogP contribution in [0.15, 0.2) is 83.7 Å². The zero-order valence-electron chi connectivity index (χ0n) is 36.8. The summed E-state index contributed by atoms with van der Waals surface area (Å²) in [5, 5.41) is 8.35. The van der Waals surface area contributed by atoms with E-state index in [1.54, 1.807) is 21.4 Å². The fraction of sp³-hybridized carbons (Fsp3) is 0.458. The van der Waals surface area contributed by atoms with Gasteiger partial charge in [-0.05, 0) is 80.5 Å². The van der Waals surface area contributed by atoms with Crippen molar-refractivity contribution in [2.24, 2.45) is 18.5 Å². The molecule has 1 aromatic heterocycles. The standard InChI is InChI=1S/C48H59N9O8/c1-54-43-32(18-11-20-36(43)57(48(54)65)38-25-26-40(59)52-46(38)63)17-9-4-10-22-41(60)55-28-27-33-23-24-37(56(33)47(64)34(49)29-55)45(62)51-35(19-12-21-39(50)58)44(61)53-42(30-13-5-2-6-14-30)31-15-7-3-8-16-31/h2-3,5-8,11,13-16,18,20,33-35,37-38,42H,4,9-10,12,17,19,21-29,49H2,1H3,(H2,50,58)(H,51,62)(H,53,61)(H,52,59,63)/t33-,34+,35?,37+,38?/m1/s1. The number of aromatic nitrogens is 2. The van der Waals surface area contributed by atoms with Crippen LogP contribution in [0.1, 0.15) is 106 Å². The van der Waals surface area contributed by atoms with Crippen molar-refractivity contribution in [3.8, 4) is 0 Å². The molecule has 3 aliphatic heterocycles. The van der Waals surface area contributed by atoms with E-state index in [9.17, 15) is 38.4 Å². The van der Waals surface area contributed by atoms with Gasteiger partial charge in [-0.15, -0.1) is 0 Å². The van der Waals surface area contributed by atoms with Crippen molar-refractivity contribution in [1.29, 1.82) is 0 Å². The summed E-state index contributed by atoms with van der Waals surface area (Å²) in [6.45, 7) is 0.377. The predicted molar refractivity (Wildman–Crippen MR) is 241 cm³/mol. The fourth-order valence-corrected chi connectivity index (χ4v) is 9.67. The van der Waals surface area contributed by atoms with Crippen LogP contribution in [-0.2, 0) is 47.0 Å². The van der Waals surface area contributed by atoms with Gasteiger partial charge in [0, 0.05) is 45.4 Å². The number of amides is 7. The lowest BCUT2D eigenvalue weighted by Crippen LogP contribution is -2.60. The van der Waals surface area contributed by atoms with E-state index < -0.39 is 59.7 Å². The van der Waals surface area contributed by atoms with E-state index in [0.29, 0.717) is 44.2 Å². The molecule has 17 nitrogen and oxygen atoms in total. The number of hydrogen-bond donors (Lipinski definition) is 5. The second-order valence-corrected chi connectivity index (χ2v) is 17.4. The second-order valence-electron chi connectivity index (χ2n) is 17.4. The van der Waals surface area contributed by atoms with E-state index in [4.69, 9.17) is 11.5 Å². The molecule has 0 spiro atoms. The van der Waals surface area contributed by atoms with Gasteiger partial charge in [0.2, 0.25) is 41.4 Å². The minimum atomic E-state index is -1.05. The Bertz CT molecular complexity index is 2430. The van der Waals surface area contributed by atoms with Crippen LogP contribution in [0.2, 0.25) is 0 Å². The van der Waals surface area contributed by atoms with Gasteiger partial charge >= 0.3 is 5.69 Å². The van der Waals surface area contributed by atoms with Crippen molar-refractivity contribution in [2.45, 2.75) is 120 Å². The minimum absolute atomic E-state index is 0.00786. The van der Waals surface area contributed by atoms with Crippen LogP contribution >= 0.6 is 0 Å². The molecule has 2 unspecified atom stereocenters. The smallest absolute Gasteiger partial charge is 0.329 e. The summed E-state index contributed by atoms with van der Waals surface area (Å²) in [7, 11) is 1.68. The average molecular weight is 890 g/mol. The SMILES string of the molecule is Cn1c(=O)n(C2CCC(=O)NC2=O)c2cccc(CCCCCC(=O)N3CC[C@H]4CC[C@@H](C(=O)NC(CCCC(N)=O)C(=O)NC(c5ccccc5)c5ccccc5)N4C(=O)[C@@H](N)C3)c21. The lowest BCUT2D eigenvalue weighted by molar-refractivity contribution is -0.145. The quantitative estimate of drug-likeness (QED) is 0.0772. The third-order valence-electron chi connectivity index (χ3n) is 13.0. The van der Waals surface area contributed by atoms with Crippen molar-refractivity contribution in [2.75, 3.05) is 13.1 Å². The van der Waals surface area contributed by atoms with Crippen LogP contribution in [0.3, 0.4) is 0 Å². The number of imide groups is 1. The number of primary amides is 1. The van der Waals surface area contributed by atoms with Crippen LogP contribution in [0.4, 0.5) is 0 Å². The molecule has 0 aliphatic carbocycles. The van der Waals surface area contributed by atoms with Gasteiger partial charge in [-0.3, -0.25) is 48.0 Å². The lowest BCUT2D eigenvalue weighted by Gasteiger charge is -2.37. The molecule has 4 heterocycles. The first-order chi connectivity index (χ1) is 31.3. The largest absolute Gasteiger partial charge is 0.370 e. The van der Waals surface area contributed by atoms with Crippen molar-refractivity contribution < 1.29 is 33.6 Å². The Morgan fingerprint density at radius 3 is 2.18 bits per heavy atom. The molecule has 3 saturated heterocycles. The van der Waals surface area contributed by atoms with Crippen LogP contribution < -0.4 is 33.1 Å². The summed E-state index contributed by atoms with van der Waals surface area (Å²) >= 11 is 0. The molecular formula is C48H59N9O8. The van der Waals surface area contributed by atoms with E-state index in [2.05, 4.69) is 16.0 Å². The molecule has 344 valence electrons. The Morgan fingerprint density at radius 2 is 1.51 bits per heavy atom. The highest BCUT2D eigenvalue weighted by molar-refractivity contribution is 6.00. The first-order valence-electron chi connectivity index (χ1n) is 22.7. The van der Waals surface area contributed by atoms with Gasteiger partial charge in [-0.1, -0.05) is 79.2 Å². The molecular weight excluding hydrogens is 831 g/mol. The van der Waals surface area contributed by atoms with Crippen molar-refractivity contribution in [3.05, 3.63) is 106 Å². The van der Waals surface area contributed by atoms with Gasteiger partial charge in [0.1, 0.15) is 24.2 Å². The maximum atomic E-state index is 14.1. The summed E-state index contributed by atoms with van der Waals surface area (Å²) in [6, 6.07) is 20.0. The summed E-state index contributed by atoms with van der Waals surface area (Å²) in [5.74, 6) is -2.80. The molecule has 7 amide bonds. The highest BCUT2D eigenvalue weighted by atomic mass is 16.2. The number of aryl methyl sites for hydroxylation is 2. The summed E-state index contributed by atoms with van der Waals surface area (Å²) in [4.78, 5) is 108. The monoisotopic (exact) mass is 889 g/mol. The molecule has 3 fully saturated rings. The molecule has 17 heteroatoms. The molecule has 3 aromatic carbocycles. The number of para-hydroxylation sites is 1. The van der Waals surface area contributed by atoms with E-state index >= 15 is 0 Å². The first kappa shape index (κ1) is 46.4. The van der Waals surface area contributed by atoms with Gasteiger partial charge in [0.05, 0.1) is 17.1 Å². The van der Waals surface area contributed by atoms with Gasteiger partial charge in [-0.25, -0.2) is 4.79 Å². The second kappa shape index (κ2) is 20.9. The maximum absolute atomic E-state index is 14.1. The van der Waals surface area contributed by atoms with Gasteiger partial charge in [-0.2, -0.15) is 0 Å². The Balaban J connectivity index is 0.936. The molecule has 7 N–H and O–H groups in total. The molecule has 7 rings (SSSR count). The number of unbranched alkanes of at least 4 members (excludes halogenated alkanes) is 2. The number of carbonyl (C=O) groups excluding carboxylic acids is 7. The summed E-state index contributed by atoms with van der Waals surface area (Å²) in [5.41, 5.74) is 15.6.